The van der Waals surface area contributed by atoms with E-state index >= 15 is 0 Å². The topological polar surface area (TPSA) is 135 Å². The van der Waals surface area contributed by atoms with Gasteiger partial charge in [-0.05, 0) is 29.3 Å². The fraction of sp³-hybridized carbons (Fsp3) is 0.227. The van der Waals surface area contributed by atoms with Crippen LogP contribution in [0.5, 0.6) is 0 Å². The molecule has 4 aromatic rings. The van der Waals surface area contributed by atoms with E-state index < -0.39 is 11.9 Å². The fourth-order valence-electron chi connectivity index (χ4n) is 3.35. The first kappa shape index (κ1) is 24.1. The van der Waals surface area contributed by atoms with E-state index in [9.17, 15) is 14.3 Å². The maximum Gasteiger partial charge on any atom is 0.241 e. The van der Waals surface area contributed by atoms with E-state index in [1.165, 1.54) is 29.2 Å². The molecule has 3 heterocycles. The molecule has 0 saturated carbocycles. The number of nitrogens with one attached hydrogen (secondary N) is 3. The second-order valence-corrected chi connectivity index (χ2v) is 8.08. The van der Waals surface area contributed by atoms with Crippen molar-refractivity contribution in [3.8, 4) is 11.1 Å². The summed E-state index contributed by atoms with van der Waals surface area (Å²) in [4.78, 5) is 20.0. The smallest absolute Gasteiger partial charge is 0.241 e. The highest BCUT2D eigenvalue weighted by atomic mass is 35.5. The van der Waals surface area contributed by atoms with Crippen molar-refractivity contribution in [1.29, 1.82) is 0 Å². The number of aliphatic hydroxyl groups excluding tert-OH is 1. The molecule has 4 N–H and O–H groups in total. The van der Waals surface area contributed by atoms with Crippen molar-refractivity contribution >= 4 is 35.0 Å². The molecule has 0 spiro atoms. The van der Waals surface area contributed by atoms with E-state index in [0.717, 1.165) is 5.56 Å². The van der Waals surface area contributed by atoms with Gasteiger partial charge in [0.2, 0.25) is 11.9 Å². The maximum atomic E-state index is 14.4. The predicted molar refractivity (Wildman–Crippen MR) is 129 cm³/mol. The fourth-order valence-corrected chi connectivity index (χ4v) is 3.49. The van der Waals surface area contributed by atoms with Gasteiger partial charge in [-0.3, -0.25) is 14.2 Å². The Morgan fingerprint density at radius 3 is 2.71 bits per heavy atom. The van der Waals surface area contributed by atoms with E-state index in [1.54, 1.807) is 43.4 Å². The molecule has 0 radical (unpaired) electrons. The van der Waals surface area contributed by atoms with Crippen LogP contribution in [0.2, 0.25) is 5.02 Å². The lowest BCUT2D eigenvalue weighted by atomic mass is 10.0. The van der Waals surface area contributed by atoms with Gasteiger partial charge < -0.3 is 21.1 Å². The molecule has 0 aliphatic rings. The summed E-state index contributed by atoms with van der Waals surface area (Å²) in [6.45, 7) is -0.273. The number of aromatic nitrogens is 6. The summed E-state index contributed by atoms with van der Waals surface area (Å²) in [5.41, 5.74) is 2.44. The minimum absolute atomic E-state index is 0.0688. The third-order valence-electron chi connectivity index (χ3n) is 5.07. The van der Waals surface area contributed by atoms with Gasteiger partial charge in [-0.2, -0.15) is 15.2 Å². The Balaban J connectivity index is 1.54. The van der Waals surface area contributed by atoms with Gasteiger partial charge in [0.25, 0.3) is 0 Å². The first-order chi connectivity index (χ1) is 16.8. The number of aryl methyl sites for hydroxylation is 1. The SMILES string of the molecule is CNC(=O)Cn1cc(Nc2ncc(Cl)c(NC(CO)c3cc(F)cc(-c4cnn(C)c4)c3)n2)cn1. The van der Waals surface area contributed by atoms with Crippen molar-refractivity contribution in [2.45, 2.75) is 12.6 Å². The predicted octanol–water partition coefficient (Wildman–Crippen LogP) is 2.50. The summed E-state index contributed by atoms with van der Waals surface area (Å²) < 4.78 is 17.5. The lowest BCUT2D eigenvalue weighted by molar-refractivity contribution is -0.121. The van der Waals surface area contributed by atoms with E-state index in [2.05, 4.69) is 36.1 Å². The van der Waals surface area contributed by atoms with Crippen LogP contribution in [0.25, 0.3) is 11.1 Å². The maximum absolute atomic E-state index is 14.4. The summed E-state index contributed by atoms with van der Waals surface area (Å²) in [6.07, 6.45) is 7.96. The molecule has 0 bridgehead atoms. The van der Waals surface area contributed by atoms with Crippen LogP contribution in [-0.2, 0) is 18.4 Å². The number of amides is 1. The van der Waals surface area contributed by atoms with Crippen molar-refractivity contribution in [3.05, 3.63) is 65.6 Å². The zero-order valence-electron chi connectivity index (χ0n) is 18.9. The number of anilines is 3. The highest BCUT2D eigenvalue weighted by Crippen LogP contribution is 2.29. The third kappa shape index (κ3) is 5.91. The van der Waals surface area contributed by atoms with Gasteiger partial charge in [0.05, 0.1) is 36.9 Å². The molecule has 182 valence electrons. The highest BCUT2D eigenvalue weighted by Gasteiger charge is 2.17. The van der Waals surface area contributed by atoms with Gasteiger partial charge in [0.1, 0.15) is 17.4 Å². The van der Waals surface area contributed by atoms with Crippen LogP contribution in [0.3, 0.4) is 0 Å². The lowest BCUT2D eigenvalue weighted by Gasteiger charge is -2.19. The number of likely N-dealkylation sites (N-methyl/N-ethyl adjacent to an activating group) is 1. The van der Waals surface area contributed by atoms with Crippen molar-refractivity contribution in [1.82, 2.24) is 34.8 Å². The summed E-state index contributed by atoms with van der Waals surface area (Å²) >= 11 is 6.28. The minimum Gasteiger partial charge on any atom is -0.394 e. The Hall–Kier alpha value is -4.03. The Kier molecular flexibility index (Phi) is 7.22. The van der Waals surface area contributed by atoms with Crippen LogP contribution < -0.4 is 16.0 Å². The van der Waals surface area contributed by atoms with Crippen LogP contribution in [0, 0.1) is 5.82 Å². The molecule has 0 aliphatic heterocycles. The molecule has 1 aromatic carbocycles. The molecule has 13 heteroatoms. The number of halogens is 2. The van der Waals surface area contributed by atoms with Gasteiger partial charge >= 0.3 is 0 Å². The van der Waals surface area contributed by atoms with Gasteiger partial charge in [-0.25, -0.2) is 9.37 Å². The van der Waals surface area contributed by atoms with Crippen molar-refractivity contribution in [2.75, 3.05) is 24.3 Å². The molecule has 11 nitrogen and oxygen atoms in total. The zero-order valence-corrected chi connectivity index (χ0v) is 19.7. The van der Waals surface area contributed by atoms with Crippen molar-refractivity contribution < 1.29 is 14.3 Å². The standard InChI is InChI=1S/C22H23ClFN9O2/c1-25-20(35)11-33-10-17(7-28-33)29-22-26-8-18(23)21(31-22)30-19(12-34)14-3-13(4-16(24)5-14)15-6-27-32(2)9-15/h3-10,19,34H,11-12H2,1-2H3,(H,25,35)(H2,26,29,30,31). The van der Waals surface area contributed by atoms with Crippen molar-refractivity contribution in [3.63, 3.8) is 0 Å². The minimum atomic E-state index is -0.698. The van der Waals surface area contributed by atoms with Crippen molar-refractivity contribution in [2.24, 2.45) is 7.05 Å². The summed E-state index contributed by atoms with van der Waals surface area (Å²) in [5, 5.41) is 27.1. The Morgan fingerprint density at radius 1 is 1.17 bits per heavy atom. The number of rotatable bonds is 9. The zero-order chi connectivity index (χ0) is 24.9. The van der Waals surface area contributed by atoms with Gasteiger partial charge in [0, 0.05) is 32.1 Å². The second kappa shape index (κ2) is 10.5. The molecule has 1 amide bonds. The number of carbonyl (C=O) groups is 1. The first-order valence-corrected chi connectivity index (χ1v) is 10.9. The molecule has 4 rings (SSSR count). The largest absolute Gasteiger partial charge is 0.394 e. The lowest BCUT2D eigenvalue weighted by Crippen LogP contribution is -2.23. The van der Waals surface area contributed by atoms with Crippen LogP contribution in [0.4, 0.5) is 21.8 Å². The summed E-state index contributed by atoms with van der Waals surface area (Å²) in [6, 6.07) is 3.81. The van der Waals surface area contributed by atoms with E-state index in [1.807, 2.05) is 0 Å². The second-order valence-electron chi connectivity index (χ2n) is 7.67. The Morgan fingerprint density at radius 2 is 2.00 bits per heavy atom. The molecular weight excluding hydrogens is 477 g/mol. The number of nitrogens with zero attached hydrogens (tertiary/aromatic N) is 6. The number of benzene rings is 1. The number of hydrogen-bond acceptors (Lipinski definition) is 8. The molecule has 0 fully saturated rings. The molecule has 1 atom stereocenters. The average molecular weight is 500 g/mol. The highest BCUT2D eigenvalue weighted by molar-refractivity contribution is 6.32. The van der Waals surface area contributed by atoms with Gasteiger partial charge in [-0.15, -0.1) is 0 Å². The van der Waals surface area contributed by atoms with Crippen LogP contribution in [0.1, 0.15) is 11.6 Å². The Bertz CT molecular complexity index is 1340. The molecule has 1 unspecified atom stereocenters. The number of hydrogen-bond donors (Lipinski definition) is 4. The average Bonchev–Trinajstić information content (AvgIpc) is 3.47. The van der Waals surface area contributed by atoms with E-state index in [4.69, 9.17) is 11.6 Å². The normalized spacial score (nSPS) is 11.8. The van der Waals surface area contributed by atoms with Crippen LogP contribution in [-0.4, -0.2) is 54.2 Å². The summed E-state index contributed by atoms with van der Waals surface area (Å²) in [7, 11) is 3.32. The number of carbonyl (C=O) groups excluding carboxylic acids is 1. The van der Waals surface area contributed by atoms with E-state index in [0.29, 0.717) is 16.8 Å². The molecule has 0 aliphatic carbocycles. The number of aliphatic hydroxyl groups is 1. The van der Waals surface area contributed by atoms with E-state index in [-0.39, 0.29) is 35.8 Å². The first-order valence-electron chi connectivity index (χ1n) is 10.5. The third-order valence-corrected chi connectivity index (χ3v) is 5.35. The molecular formula is C22H23ClFN9O2. The molecule has 0 saturated heterocycles. The molecule has 3 aromatic heterocycles. The quantitative estimate of drug-likeness (QED) is 0.276. The Labute approximate surface area is 205 Å². The summed E-state index contributed by atoms with van der Waals surface area (Å²) in [5.74, 6) is -0.184. The monoisotopic (exact) mass is 499 g/mol. The van der Waals surface area contributed by atoms with Crippen LogP contribution in [0.15, 0.2) is 49.2 Å². The van der Waals surface area contributed by atoms with Crippen LogP contribution >= 0.6 is 11.6 Å². The van der Waals surface area contributed by atoms with Gasteiger partial charge in [0.15, 0.2) is 5.82 Å². The molecule has 35 heavy (non-hydrogen) atoms. The van der Waals surface area contributed by atoms with Gasteiger partial charge in [-0.1, -0.05) is 11.6 Å².